The molecule has 4 rings (SSSR count). The Morgan fingerprint density at radius 3 is 2.88 bits per heavy atom. The van der Waals surface area contributed by atoms with E-state index >= 15 is 0 Å². The summed E-state index contributed by atoms with van der Waals surface area (Å²) in [7, 11) is 1.63. The van der Waals surface area contributed by atoms with Crippen LogP contribution >= 0.6 is 0 Å². The molecular formula is C18H23N5O3. The van der Waals surface area contributed by atoms with E-state index in [-0.39, 0.29) is 11.8 Å². The molecule has 1 atom stereocenters. The van der Waals surface area contributed by atoms with Crippen molar-refractivity contribution in [1.82, 2.24) is 24.4 Å². The van der Waals surface area contributed by atoms with Gasteiger partial charge in [0.2, 0.25) is 5.91 Å². The van der Waals surface area contributed by atoms with E-state index < -0.39 is 5.54 Å². The lowest BCUT2D eigenvalue weighted by Crippen LogP contribution is -2.61. The number of carbonyl (C=O) groups is 2. The average Bonchev–Trinajstić information content (AvgIpc) is 3.27. The zero-order valence-electron chi connectivity index (χ0n) is 14.9. The molecule has 0 saturated carbocycles. The fourth-order valence-corrected chi connectivity index (χ4v) is 4.21. The van der Waals surface area contributed by atoms with Crippen LogP contribution in [0.2, 0.25) is 0 Å². The molecule has 8 nitrogen and oxygen atoms in total. The number of rotatable bonds is 4. The van der Waals surface area contributed by atoms with Gasteiger partial charge in [0, 0.05) is 45.2 Å². The molecule has 2 aromatic heterocycles. The summed E-state index contributed by atoms with van der Waals surface area (Å²) in [5.41, 5.74) is 0.235. The number of nitrogens with zero attached hydrogens (tertiary/aromatic N) is 5. The van der Waals surface area contributed by atoms with Crippen molar-refractivity contribution in [2.24, 2.45) is 0 Å². The van der Waals surface area contributed by atoms with Crippen LogP contribution in [-0.4, -0.2) is 75.1 Å². The highest BCUT2D eigenvalue weighted by atomic mass is 16.5. The van der Waals surface area contributed by atoms with Gasteiger partial charge < -0.3 is 14.5 Å². The summed E-state index contributed by atoms with van der Waals surface area (Å²) in [5, 5.41) is 4.35. The van der Waals surface area contributed by atoms with Crippen LogP contribution < -0.4 is 0 Å². The van der Waals surface area contributed by atoms with Crippen molar-refractivity contribution in [3.8, 4) is 0 Å². The Kier molecular flexibility index (Phi) is 4.36. The Morgan fingerprint density at radius 1 is 1.31 bits per heavy atom. The summed E-state index contributed by atoms with van der Waals surface area (Å²) >= 11 is 0. The number of hydrogen-bond acceptors (Lipinski definition) is 5. The Balaban J connectivity index is 1.62. The predicted octanol–water partition coefficient (Wildman–Crippen LogP) is 0.973. The first-order valence-corrected chi connectivity index (χ1v) is 9.06. The third-order valence-electron chi connectivity index (χ3n) is 5.46. The van der Waals surface area contributed by atoms with E-state index in [1.165, 1.54) is 0 Å². The Labute approximate surface area is 151 Å². The van der Waals surface area contributed by atoms with Crippen LogP contribution in [0, 0.1) is 0 Å². The molecule has 2 fully saturated rings. The second-order valence-corrected chi connectivity index (χ2v) is 6.93. The van der Waals surface area contributed by atoms with E-state index in [9.17, 15) is 9.59 Å². The maximum Gasteiger partial charge on any atom is 0.275 e. The van der Waals surface area contributed by atoms with E-state index in [0.717, 1.165) is 19.4 Å². The number of piperidine rings is 1. The molecule has 2 aliphatic rings. The van der Waals surface area contributed by atoms with E-state index in [1.54, 1.807) is 41.1 Å². The van der Waals surface area contributed by atoms with Crippen LogP contribution in [0.15, 0.2) is 24.5 Å². The highest BCUT2D eigenvalue weighted by molar-refractivity contribution is 5.99. The highest BCUT2D eigenvalue weighted by Crippen LogP contribution is 2.39. The van der Waals surface area contributed by atoms with Crippen molar-refractivity contribution in [2.45, 2.75) is 31.2 Å². The first-order valence-electron chi connectivity index (χ1n) is 9.06. The molecule has 2 aliphatic heterocycles. The lowest BCUT2D eigenvalue weighted by atomic mass is 9.85. The Hall–Kier alpha value is -2.48. The lowest BCUT2D eigenvalue weighted by Gasteiger charge is -2.44. The van der Waals surface area contributed by atoms with Gasteiger partial charge in [-0.3, -0.25) is 9.59 Å². The van der Waals surface area contributed by atoms with E-state index in [4.69, 9.17) is 4.74 Å². The van der Waals surface area contributed by atoms with E-state index in [1.807, 2.05) is 4.90 Å². The minimum Gasteiger partial charge on any atom is -0.383 e. The highest BCUT2D eigenvalue weighted by Gasteiger charge is 2.53. The second-order valence-electron chi connectivity index (χ2n) is 6.93. The van der Waals surface area contributed by atoms with Gasteiger partial charge >= 0.3 is 0 Å². The summed E-state index contributed by atoms with van der Waals surface area (Å²) in [6.45, 7) is 2.39. The summed E-state index contributed by atoms with van der Waals surface area (Å²) in [5.74, 6) is -0.136. The second kappa shape index (κ2) is 6.68. The first kappa shape index (κ1) is 17.0. The van der Waals surface area contributed by atoms with Crippen molar-refractivity contribution in [1.29, 1.82) is 0 Å². The van der Waals surface area contributed by atoms with Crippen LogP contribution in [0.25, 0.3) is 5.65 Å². The molecule has 0 aromatic carbocycles. The molecule has 2 saturated heterocycles. The van der Waals surface area contributed by atoms with Gasteiger partial charge in [0.05, 0.1) is 6.61 Å². The number of amides is 2. The standard InChI is InChI=1S/C18H23N5O3/c1-26-12-11-21-8-2-5-18(17(21)25)6-3-9-22(18)16(24)14-13-15-19-7-4-10-23(15)20-14/h4,7,10,13H,2-3,5-6,8-9,11-12H2,1H3. The lowest BCUT2D eigenvalue weighted by molar-refractivity contribution is -0.146. The minimum atomic E-state index is -0.730. The molecule has 8 heteroatoms. The molecule has 138 valence electrons. The molecular weight excluding hydrogens is 334 g/mol. The van der Waals surface area contributed by atoms with Gasteiger partial charge in [-0.1, -0.05) is 0 Å². The molecule has 4 heterocycles. The maximum absolute atomic E-state index is 13.2. The molecule has 0 N–H and O–H groups in total. The summed E-state index contributed by atoms with van der Waals surface area (Å²) in [4.78, 5) is 34.2. The van der Waals surface area contributed by atoms with Crippen LogP contribution in [0.3, 0.4) is 0 Å². The van der Waals surface area contributed by atoms with Gasteiger partial charge in [-0.25, -0.2) is 9.50 Å². The van der Waals surface area contributed by atoms with Crippen molar-refractivity contribution in [2.75, 3.05) is 33.4 Å². The number of ether oxygens (including phenoxy) is 1. The van der Waals surface area contributed by atoms with Gasteiger partial charge in [0.15, 0.2) is 11.3 Å². The van der Waals surface area contributed by atoms with Crippen LogP contribution in [-0.2, 0) is 9.53 Å². The van der Waals surface area contributed by atoms with Gasteiger partial charge in [-0.05, 0) is 31.7 Å². The van der Waals surface area contributed by atoms with E-state index in [2.05, 4.69) is 10.1 Å². The minimum absolute atomic E-state index is 0.0496. The molecule has 2 amide bonds. The molecule has 26 heavy (non-hydrogen) atoms. The van der Waals surface area contributed by atoms with Gasteiger partial charge in [-0.15, -0.1) is 0 Å². The number of carbonyl (C=O) groups excluding carboxylic acids is 2. The Morgan fingerprint density at radius 2 is 2.12 bits per heavy atom. The van der Waals surface area contributed by atoms with Crippen molar-refractivity contribution in [3.05, 3.63) is 30.2 Å². The van der Waals surface area contributed by atoms with Crippen molar-refractivity contribution in [3.63, 3.8) is 0 Å². The van der Waals surface area contributed by atoms with Crippen molar-refractivity contribution < 1.29 is 14.3 Å². The SMILES string of the molecule is COCCN1CCCC2(CCCN2C(=O)c2cc3ncccn3n2)C1=O. The molecule has 0 radical (unpaired) electrons. The molecule has 1 unspecified atom stereocenters. The monoisotopic (exact) mass is 357 g/mol. The fraction of sp³-hybridized carbons (Fsp3) is 0.556. The first-order chi connectivity index (χ1) is 12.7. The van der Waals surface area contributed by atoms with Crippen LogP contribution in [0.1, 0.15) is 36.2 Å². The fourth-order valence-electron chi connectivity index (χ4n) is 4.21. The van der Waals surface area contributed by atoms with Crippen molar-refractivity contribution >= 4 is 17.5 Å². The normalized spacial score (nSPS) is 23.3. The van der Waals surface area contributed by atoms with Crippen LogP contribution in [0.4, 0.5) is 0 Å². The van der Waals surface area contributed by atoms with Gasteiger partial charge in [0.1, 0.15) is 5.54 Å². The zero-order chi connectivity index (χ0) is 18.1. The third-order valence-corrected chi connectivity index (χ3v) is 5.46. The number of hydrogen-bond donors (Lipinski definition) is 0. The number of methoxy groups -OCH3 is 1. The van der Waals surface area contributed by atoms with E-state index in [0.29, 0.717) is 43.9 Å². The Bertz CT molecular complexity index is 802. The number of aromatic nitrogens is 3. The zero-order valence-corrected chi connectivity index (χ0v) is 14.9. The largest absolute Gasteiger partial charge is 0.383 e. The maximum atomic E-state index is 13.2. The topological polar surface area (TPSA) is 80.0 Å². The summed E-state index contributed by atoms with van der Waals surface area (Å²) in [6.07, 6.45) is 6.59. The molecule has 0 bridgehead atoms. The summed E-state index contributed by atoms with van der Waals surface area (Å²) < 4.78 is 6.71. The number of likely N-dealkylation sites (tertiary alicyclic amines) is 2. The quantitative estimate of drug-likeness (QED) is 0.815. The molecule has 2 aromatic rings. The molecule has 1 spiro atoms. The molecule has 0 aliphatic carbocycles. The van der Waals surface area contributed by atoms with Crippen LogP contribution in [0.5, 0.6) is 0 Å². The van der Waals surface area contributed by atoms with Gasteiger partial charge in [-0.2, -0.15) is 5.10 Å². The average molecular weight is 357 g/mol. The predicted molar refractivity (Wildman–Crippen MR) is 93.7 cm³/mol. The smallest absolute Gasteiger partial charge is 0.275 e. The number of fused-ring (bicyclic) bond motifs is 1. The summed E-state index contributed by atoms with van der Waals surface area (Å²) in [6, 6.07) is 3.45. The van der Waals surface area contributed by atoms with Gasteiger partial charge in [0.25, 0.3) is 5.91 Å². The third kappa shape index (κ3) is 2.65.